The lowest BCUT2D eigenvalue weighted by Gasteiger charge is -2.11. The van der Waals surface area contributed by atoms with E-state index in [1.54, 1.807) is 13.8 Å². The molecule has 1 aromatic rings. The van der Waals surface area contributed by atoms with Gasteiger partial charge in [-0.15, -0.1) is 0 Å². The molecule has 2 N–H and O–H groups in total. The molecule has 14 heavy (non-hydrogen) atoms. The first kappa shape index (κ1) is 11.1. The highest BCUT2D eigenvalue weighted by Crippen LogP contribution is 2.21. The maximum absolute atomic E-state index is 11.3. The third-order valence-electron chi connectivity index (χ3n) is 2.39. The van der Waals surface area contributed by atoms with Gasteiger partial charge in [0.05, 0.1) is 5.69 Å². The van der Waals surface area contributed by atoms with Crippen molar-refractivity contribution in [2.45, 2.75) is 32.6 Å². The van der Waals surface area contributed by atoms with Crippen molar-refractivity contribution < 1.29 is 8.42 Å². The van der Waals surface area contributed by atoms with Crippen molar-refractivity contribution in [3.05, 3.63) is 22.5 Å². The molecule has 0 saturated heterocycles. The van der Waals surface area contributed by atoms with Gasteiger partial charge in [-0.3, -0.25) is 4.98 Å². The van der Waals surface area contributed by atoms with E-state index in [0.717, 1.165) is 11.3 Å². The Hall–Kier alpha value is -0.940. The average Bonchev–Trinajstić information content (AvgIpc) is 1.97. The molecule has 0 atom stereocenters. The first-order valence-corrected chi connectivity index (χ1v) is 5.77. The van der Waals surface area contributed by atoms with Crippen molar-refractivity contribution in [3.63, 3.8) is 0 Å². The van der Waals surface area contributed by atoms with Crippen molar-refractivity contribution in [2.24, 2.45) is 5.14 Å². The molecule has 0 saturated carbocycles. The van der Waals surface area contributed by atoms with Crippen LogP contribution in [0.1, 0.15) is 22.5 Å². The molecule has 0 spiro atoms. The lowest BCUT2D eigenvalue weighted by atomic mass is 10.1. The molecule has 0 amide bonds. The minimum absolute atomic E-state index is 0.153. The Labute approximate surface area is 84.2 Å². The number of nitrogens with zero attached hydrogens (tertiary/aromatic N) is 1. The number of nitrogens with two attached hydrogens (primary N) is 1. The predicted molar refractivity (Wildman–Crippen MR) is 54.6 cm³/mol. The number of primary sulfonamides is 1. The van der Waals surface area contributed by atoms with Crippen LogP contribution in [0.5, 0.6) is 0 Å². The third kappa shape index (κ3) is 1.78. The molecular formula is C9H14N2O2S. The summed E-state index contributed by atoms with van der Waals surface area (Å²) in [6.07, 6.45) is 0. The van der Waals surface area contributed by atoms with E-state index in [4.69, 9.17) is 5.14 Å². The number of hydrogen-bond acceptors (Lipinski definition) is 3. The third-order valence-corrected chi connectivity index (χ3v) is 3.56. The number of aromatic nitrogens is 1. The van der Waals surface area contributed by atoms with Crippen molar-refractivity contribution >= 4 is 10.0 Å². The number of aryl methyl sites for hydroxylation is 2. The van der Waals surface area contributed by atoms with E-state index in [1.165, 1.54) is 0 Å². The summed E-state index contributed by atoms with van der Waals surface area (Å²) in [6.45, 7) is 7.09. The molecule has 0 fully saturated rings. The zero-order valence-electron chi connectivity index (χ0n) is 8.75. The van der Waals surface area contributed by atoms with E-state index in [0.29, 0.717) is 11.3 Å². The summed E-state index contributed by atoms with van der Waals surface area (Å²) >= 11 is 0. The topological polar surface area (TPSA) is 73.0 Å². The Kier molecular flexibility index (Phi) is 2.65. The van der Waals surface area contributed by atoms with E-state index in [-0.39, 0.29) is 4.90 Å². The Morgan fingerprint density at radius 1 is 1.00 bits per heavy atom. The smallest absolute Gasteiger partial charge is 0.240 e. The Bertz CT molecular complexity index is 478. The van der Waals surface area contributed by atoms with Crippen LogP contribution in [0.3, 0.4) is 0 Å². The van der Waals surface area contributed by atoms with Crippen LogP contribution in [0.2, 0.25) is 0 Å². The van der Waals surface area contributed by atoms with Crippen molar-refractivity contribution in [3.8, 4) is 0 Å². The van der Waals surface area contributed by atoms with Gasteiger partial charge in [-0.1, -0.05) is 0 Å². The second-order valence-corrected chi connectivity index (χ2v) is 4.91. The molecule has 0 unspecified atom stereocenters. The van der Waals surface area contributed by atoms with Crippen LogP contribution >= 0.6 is 0 Å². The van der Waals surface area contributed by atoms with Gasteiger partial charge in [0.15, 0.2) is 0 Å². The molecule has 0 radical (unpaired) electrons. The normalized spacial score (nSPS) is 11.8. The van der Waals surface area contributed by atoms with Crippen LogP contribution in [0, 0.1) is 27.7 Å². The highest BCUT2D eigenvalue weighted by Gasteiger charge is 2.18. The van der Waals surface area contributed by atoms with E-state index < -0.39 is 10.0 Å². The summed E-state index contributed by atoms with van der Waals surface area (Å²) in [6, 6.07) is 0. The molecule has 1 rings (SSSR count). The lowest BCUT2D eigenvalue weighted by Crippen LogP contribution is -2.17. The molecule has 0 aromatic carbocycles. The van der Waals surface area contributed by atoms with Crippen LogP contribution in [0.4, 0.5) is 0 Å². The molecule has 78 valence electrons. The highest BCUT2D eigenvalue weighted by atomic mass is 32.2. The maximum atomic E-state index is 11.3. The molecule has 1 aromatic heterocycles. The molecule has 0 aliphatic carbocycles. The summed E-state index contributed by atoms with van der Waals surface area (Å²) in [5, 5.41) is 5.11. The van der Waals surface area contributed by atoms with Crippen LogP contribution in [0.25, 0.3) is 0 Å². The first-order chi connectivity index (χ1) is 6.25. The number of sulfonamides is 1. The van der Waals surface area contributed by atoms with Crippen LogP contribution < -0.4 is 5.14 Å². The van der Waals surface area contributed by atoms with Gasteiger partial charge in [0.25, 0.3) is 0 Å². The summed E-state index contributed by atoms with van der Waals surface area (Å²) < 4.78 is 22.6. The Morgan fingerprint density at radius 3 is 1.93 bits per heavy atom. The largest absolute Gasteiger partial charge is 0.257 e. The second-order valence-electron chi connectivity index (χ2n) is 3.41. The summed E-state index contributed by atoms with van der Waals surface area (Å²) in [4.78, 5) is 4.29. The monoisotopic (exact) mass is 214 g/mol. The van der Waals surface area contributed by atoms with Crippen molar-refractivity contribution in [1.29, 1.82) is 0 Å². The van der Waals surface area contributed by atoms with E-state index in [2.05, 4.69) is 4.98 Å². The number of hydrogen-bond donors (Lipinski definition) is 1. The molecular weight excluding hydrogens is 200 g/mol. The zero-order chi connectivity index (χ0) is 11.1. The maximum Gasteiger partial charge on any atom is 0.240 e. The van der Waals surface area contributed by atoms with Crippen LogP contribution in [0.15, 0.2) is 4.90 Å². The van der Waals surface area contributed by atoms with E-state index in [1.807, 2.05) is 13.8 Å². The number of pyridine rings is 1. The predicted octanol–water partition coefficient (Wildman–Crippen LogP) is 0.963. The minimum atomic E-state index is -3.67. The van der Waals surface area contributed by atoms with Gasteiger partial charge >= 0.3 is 0 Å². The van der Waals surface area contributed by atoms with Crippen molar-refractivity contribution in [2.75, 3.05) is 0 Å². The molecule has 0 aliphatic rings. The standard InChI is InChI=1S/C9H14N2O2S/c1-5-6(2)9(14(10,12)13)8(4)11-7(5)3/h1-4H3,(H2,10,12,13). The average molecular weight is 214 g/mol. The first-order valence-electron chi connectivity index (χ1n) is 4.22. The van der Waals surface area contributed by atoms with Crippen LogP contribution in [-0.4, -0.2) is 13.4 Å². The van der Waals surface area contributed by atoms with Gasteiger partial charge in [-0.05, 0) is 38.8 Å². The molecule has 0 bridgehead atoms. The van der Waals surface area contributed by atoms with Gasteiger partial charge in [0, 0.05) is 5.69 Å². The van der Waals surface area contributed by atoms with Crippen LogP contribution in [-0.2, 0) is 10.0 Å². The van der Waals surface area contributed by atoms with E-state index >= 15 is 0 Å². The molecule has 5 heteroatoms. The fourth-order valence-corrected chi connectivity index (χ4v) is 2.56. The Balaban J connectivity index is 3.70. The molecule has 4 nitrogen and oxygen atoms in total. The summed E-state index contributed by atoms with van der Waals surface area (Å²) in [5.74, 6) is 0. The van der Waals surface area contributed by atoms with Gasteiger partial charge in [-0.2, -0.15) is 0 Å². The quantitative estimate of drug-likeness (QED) is 0.756. The number of rotatable bonds is 1. The van der Waals surface area contributed by atoms with Gasteiger partial charge in [0.1, 0.15) is 4.90 Å². The fraction of sp³-hybridized carbons (Fsp3) is 0.444. The highest BCUT2D eigenvalue weighted by molar-refractivity contribution is 7.89. The van der Waals surface area contributed by atoms with Crippen molar-refractivity contribution in [1.82, 2.24) is 4.98 Å². The zero-order valence-corrected chi connectivity index (χ0v) is 9.57. The van der Waals surface area contributed by atoms with Gasteiger partial charge in [-0.25, -0.2) is 13.6 Å². The Morgan fingerprint density at radius 2 is 1.50 bits per heavy atom. The van der Waals surface area contributed by atoms with E-state index in [9.17, 15) is 8.42 Å². The van der Waals surface area contributed by atoms with Gasteiger partial charge < -0.3 is 0 Å². The van der Waals surface area contributed by atoms with Gasteiger partial charge in [0.2, 0.25) is 10.0 Å². The molecule has 0 aliphatic heterocycles. The minimum Gasteiger partial charge on any atom is -0.257 e. The summed E-state index contributed by atoms with van der Waals surface area (Å²) in [5.41, 5.74) is 2.87. The SMILES string of the molecule is Cc1nc(C)c(S(N)(=O)=O)c(C)c1C. The molecule has 1 heterocycles. The lowest BCUT2D eigenvalue weighted by molar-refractivity contribution is 0.595. The summed E-state index contributed by atoms with van der Waals surface area (Å²) in [7, 11) is -3.67. The second kappa shape index (κ2) is 3.33. The fourth-order valence-electron chi connectivity index (χ4n) is 1.52.